The Balaban J connectivity index is 1.27. The average Bonchev–Trinajstić information content (AvgIpc) is 3.65. The van der Waals surface area contributed by atoms with Crippen LogP contribution < -0.4 is 5.32 Å². The van der Waals surface area contributed by atoms with E-state index in [1.54, 1.807) is 22.6 Å². The largest absolute Gasteiger partial charge is 0.464 e. The Bertz CT molecular complexity index is 1260. The van der Waals surface area contributed by atoms with Crippen molar-refractivity contribution >= 4 is 29.3 Å². The molecule has 2 fully saturated rings. The van der Waals surface area contributed by atoms with Crippen molar-refractivity contribution in [1.82, 2.24) is 24.8 Å². The van der Waals surface area contributed by atoms with Crippen LogP contribution in [0.25, 0.3) is 0 Å². The third kappa shape index (κ3) is 6.69. The van der Waals surface area contributed by atoms with Crippen molar-refractivity contribution in [1.29, 1.82) is 0 Å². The Labute approximate surface area is 233 Å². The van der Waals surface area contributed by atoms with Crippen molar-refractivity contribution in [2.75, 3.05) is 44.9 Å². The lowest BCUT2D eigenvalue weighted by molar-refractivity contribution is -0.121. The topological polar surface area (TPSA) is 92.6 Å². The van der Waals surface area contributed by atoms with Gasteiger partial charge in [-0.3, -0.25) is 9.69 Å². The molecule has 10 heteroatoms. The minimum atomic E-state index is -0.512. The van der Waals surface area contributed by atoms with Gasteiger partial charge in [0.15, 0.2) is 5.69 Å². The third-order valence-electron chi connectivity index (χ3n) is 7.82. The van der Waals surface area contributed by atoms with Gasteiger partial charge >= 0.3 is 5.97 Å². The number of aromatic nitrogens is 3. The summed E-state index contributed by atoms with van der Waals surface area (Å²) in [6.45, 7) is 3.75. The summed E-state index contributed by atoms with van der Waals surface area (Å²) in [6.07, 6.45) is 7.33. The number of nitrogens with zero attached hydrogens (tertiary/aromatic N) is 5. The van der Waals surface area contributed by atoms with Gasteiger partial charge < -0.3 is 15.0 Å². The van der Waals surface area contributed by atoms with E-state index in [0.717, 1.165) is 49.5 Å². The minimum absolute atomic E-state index is 0.00410. The number of hydrogen-bond acceptors (Lipinski definition) is 8. The molecule has 0 saturated carbocycles. The maximum absolute atomic E-state index is 13.6. The molecule has 0 bridgehead atoms. The number of ether oxygens (including phenoxy) is 1. The zero-order chi connectivity index (χ0) is 27.2. The molecule has 0 spiro atoms. The average molecular weight is 549 g/mol. The Morgan fingerprint density at radius 3 is 2.62 bits per heavy atom. The summed E-state index contributed by atoms with van der Waals surface area (Å²) in [5, 5.41) is 11.4. The number of benzene rings is 2. The number of nitrogens with one attached hydrogen (secondary N) is 1. The first-order valence-electron chi connectivity index (χ1n) is 13.5. The number of hydrogen-bond donors (Lipinski definition) is 1. The first kappa shape index (κ1) is 27.4. The van der Waals surface area contributed by atoms with E-state index >= 15 is 0 Å². The van der Waals surface area contributed by atoms with Gasteiger partial charge in [-0.05, 0) is 68.8 Å². The maximum Gasteiger partial charge on any atom is 0.360 e. The number of amides is 1. The van der Waals surface area contributed by atoms with Crippen LogP contribution in [-0.4, -0.2) is 88.3 Å². The van der Waals surface area contributed by atoms with Gasteiger partial charge in [0, 0.05) is 29.7 Å². The van der Waals surface area contributed by atoms with Crippen molar-refractivity contribution < 1.29 is 14.3 Å². The van der Waals surface area contributed by atoms with Crippen LogP contribution in [0.1, 0.15) is 41.4 Å². The summed E-state index contributed by atoms with van der Waals surface area (Å²) in [5.41, 5.74) is 2.35. The molecule has 5 rings (SSSR count). The van der Waals surface area contributed by atoms with E-state index in [9.17, 15) is 9.59 Å². The van der Waals surface area contributed by atoms with Gasteiger partial charge in [0.05, 0.1) is 25.4 Å². The molecule has 2 saturated heterocycles. The maximum atomic E-state index is 13.6. The zero-order valence-corrected chi connectivity index (χ0v) is 23.3. The van der Waals surface area contributed by atoms with Gasteiger partial charge in [-0.2, -0.15) is 0 Å². The quantitative estimate of drug-likeness (QED) is 0.319. The van der Waals surface area contributed by atoms with E-state index < -0.39 is 5.97 Å². The number of carbonyl (C=O) groups is 2. The first-order valence-corrected chi connectivity index (χ1v) is 14.7. The second-order valence-electron chi connectivity index (χ2n) is 10.2. The number of piperidine rings is 1. The van der Waals surface area contributed by atoms with Crippen molar-refractivity contribution in [3.05, 3.63) is 72.1 Å². The summed E-state index contributed by atoms with van der Waals surface area (Å²) in [7, 11) is 1.33. The Kier molecular flexibility index (Phi) is 8.95. The van der Waals surface area contributed by atoms with Crippen LogP contribution in [0.4, 0.5) is 5.69 Å². The summed E-state index contributed by atoms with van der Waals surface area (Å²) < 4.78 is 6.51. The molecule has 206 valence electrons. The molecule has 1 aromatic heterocycles. The molecule has 2 aliphatic rings. The van der Waals surface area contributed by atoms with E-state index in [0.29, 0.717) is 19.0 Å². The lowest BCUT2D eigenvalue weighted by Crippen LogP contribution is -2.50. The van der Waals surface area contributed by atoms with Gasteiger partial charge in [-0.1, -0.05) is 41.6 Å². The smallest absolute Gasteiger partial charge is 0.360 e. The third-order valence-corrected chi connectivity index (χ3v) is 8.55. The molecule has 2 aromatic carbocycles. The van der Waals surface area contributed by atoms with E-state index in [-0.39, 0.29) is 23.7 Å². The number of thioether (sulfide) groups is 1. The number of methoxy groups -OCH3 is 1. The molecule has 3 heterocycles. The highest BCUT2D eigenvalue weighted by molar-refractivity contribution is 7.98. The van der Waals surface area contributed by atoms with Crippen LogP contribution >= 0.6 is 11.8 Å². The van der Waals surface area contributed by atoms with Gasteiger partial charge in [0.2, 0.25) is 5.91 Å². The van der Waals surface area contributed by atoms with Crippen LogP contribution in [0, 0.1) is 0 Å². The Morgan fingerprint density at radius 2 is 1.87 bits per heavy atom. The van der Waals surface area contributed by atoms with E-state index in [1.165, 1.54) is 12.7 Å². The minimum Gasteiger partial charge on any atom is -0.464 e. The second kappa shape index (κ2) is 12.8. The van der Waals surface area contributed by atoms with Crippen LogP contribution in [0.3, 0.4) is 0 Å². The van der Waals surface area contributed by atoms with Crippen LogP contribution in [0.5, 0.6) is 0 Å². The van der Waals surface area contributed by atoms with Gasteiger partial charge in [0.1, 0.15) is 0 Å². The molecule has 1 N–H and O–H groups in total. The molecule has 39 heavy (non-hydrogen) atoms. The van der Waals surface area contributed by atoms with Crippen LogP contribution in [0.15, 0.2) is 65.7 Å². The molecule has 9 nitrogen and oxygen atoms in total. The number of anilines is 1. The highest BCUT2D eigenvalue weighted by Gasteiger charge is 2.42. The lowest BCUT2D eigenvalue weighted by atomic mass is 10.0. The van der Waals surface area contributed by atoms with Gasteiger partial charge in [-0.25, -0.2) is 9.48 Å². The summed E-state index contributed by atoms with van der Waals surface area (Å²) in [4.78, 5) is 31.6. The highest BCUT2D eigenvalue weighted by atomic mass is 32.2. The predicted molar refractivity (Wildman–Crippen MR) is 152 cm³/mol. The Hall–Kier alpha value is -3.21. The fourth-order valence-corrected chi connectivity index (χ4v) is 6.14. The van der Waals surface area contributed by atoms with E-state index in [1.807, 2.05) is 30.5 Å². The first-order chi connectivity index (χ1) is 19.0. The normalized spacial score (nSPS) is 20.7. The highest BCUT2D eigenvalue weighted by Crippen LogP contribution is 2.33. The summed E-state index contributed by atoms with van der Waals surface area (Å²) >= 11 is 1.65. The van der Waals surface area contributed by atoms with Gasteiger partial charge in [0.25, 0.3) is 0 Å². The number of likely N-dealkylation sites (tertiary alicyclic amines) is 2. The molecule has 1 amide bonds. The molecular weight excluding hydrogens is 512 g/mol. The molecule has 0 unspecified atom stereocenters. The molecular formula is C29H36N6O3S. The molecule has 2 atom stereocenters. The van der Waals surface area contributed by atoms with Crippen molar-refractivity contribution in [2.45, 2.75) is 48.7 Å². The number of carbonyl (C=O) groups excluding carboxylic acids is 2. The summed E-state index contributed by atoms with van der Waals surface area (Å²) in [5.74, 6) is -0.516. The fourth-order valence-electron chi connectivity index (χ4n) is 5.68. The number of rotatable bonds is 9. The summed E-state index contributed by atoms with van der Waals surface area (Å²) in [6, 6.07) is 18.5. The standard InChI is InChI=1S/C29H36N6O3S/c1-38-29(37)26-20-35(32-31-26)24-18-27(28(36)30-22-9-6-10-25(17-22)39-2)34(19-24)23-12-15-33(16-13-23)14-11-21-7-4-3-5-8-21/h3-10,17,20,23-24,27H,11-16,18-19H2,1-2H3,(H,30,36)/t24-,27+/m1/s1. The molecule has 2 aliphatic heterocycles. The van der Waals surface area contributed by atoms with Gasteiger partial charge in [-0.15, -0.1) is 16.9 Å². The monoisotopic (exact) mass is 548 g/mol. The number of esters is 1. The molecule has 0 aliphatic carbocycles. The Morgan fingerprint density at radius 1 is 1.08 bits per heavy atom. The SMILES string of the molecule is COC(=O)c1cn([C@@H]2C[C@@H](C(=O)Nc3cccc(SC)c3)N(C3CCN(CCc4ccccc4)CC3)C2)nn1. The van der Waals surface area contributed by atoms with Crippen molar-refractivity contribution in [2.24, 2.45) is 0 Å². The fraction of sp³-hybridized carbons (Fsp3) is 0.448. The molecule has 0 radical (unpaired) electrons. The van der Waals surface area contributed by atoms with E-state index in [2.05, 4.69) is 55.8 Å². The predicted octanol–water partition coefficient (Wildman–Crippen LogP) is 3.75. The van der Waals surface area contributed by atoms with Crippen LogP contribution in [0.2, 0.25) is 0 Å². The lowest BCUT2D eigenvalue weighted by Gasteiger charge is -2.39. The van der Waals surface area contributed by atoms with Crippen LogP contribution in [-0.2, 0) is 16.0 Å². The zero-order valence-electron chi connectivity index (χ0n) is 22.5. The molecule has 3 aromatic rings. The van der Waals surface area contributed by atoms with Crippen molar-refractivity contribution in [3.8, 4) is 0 Å². The second-order valence-corrected chi connectivity index (χ2v) is 11.1. The van der Waals surface area contributed by atoms with Crippen molar-refractivity contribution in [3.63, 3.8) is 0 Å². The van der Waals surface area contributed by atoms with E-state index in [4.69, 9.17) is 4.74 Å².